The van der Waals surface area contributed by atoms with Crippen LogP contribution >= 0.6 is 11.8 Å². The Balaban J connectivity index is 1.91. The van der Waals surface area contributed by atoms with Gasteiger partial charge in [-0.2, -0.15) is 17.2 Å². The third-order valence-electron chi connectivity index (χ3n) is 2.59. The number of fused-ring (bicyclic) bond motifs is 1. The summed E-state index contributed by atoms with van der Waals surface area (Å²) in [6.07, 6.45) is 0. The van der Waals surface area contributed by atoms with Crippen LogP contribution in [0.25, 0.3) is 0 Å². The molecule has 3 nitrogen and oxygen atoms in total. The highest BCUT2D eigenvalue weighted by Crippen LogP contribution is 2.31. The normalized spacial score (nSPS) is 19.4. The summed E-state index contributed by atoms with van der Waals surface area (Å²) in [6.45, 7) is 1.20. The van der Waals surface area contributed by atoms with Crippen LogP contribution in [0.1, 0.15) is 17.2 Å². The second-order valence-electron chi connectivity index (χ2n) is 3.73. The molecule has 4 heteroatoms. The van der Waals surface area contributed by atoms with Crippen molar-refractivity contribution in [1.29, 1.82) is 0 Å². The Bertz CT molecular complexity index is 333. The molecule has 0 saturated carbocycles. The van der Waals surface area contributed by atoms with E-state index in [0.717, 1.165) is 11.5 Å². The van der Waals surface area contributed by atoms with E-state index in [2.05, 4.69) is 29.7 Å². The maximum Gasteiger partial charge on any atom is 0.0916 e. The van der Waals surface area contributed by atoms with Gasteiger partial charge >= 0.3 is 0 Å². The molecule has 0 saturated heterocycles. The van der Waals surface area contributed by atoms with Gasteiger partial charge in [-0.25, -0.2) is 0 Å². The van der Waals surface area contributed by atoms with Gasteiger partial charge < -0.3 is 4.74 Å². The number of benzene rings is 1. The molecule has 0 spiro atoms. The first kappa shape index (κ1) is 11.9. The number of rotatable bonds is 5. The van der Waals surface area contributed by atoms with Gasteiger partial charge in [0.1, 0.15) is 0 Å². The predicted molar refractivity (Wildman–Crippen MR) is 66.3 cm³/mol. The fraction of sp³-hybridized carbons (Fsp3) is 0.500. The average molecular weight is 239 g/mol. The number of hydrogen-bond acceptors (Lipinski definition) is 4. The lowest BCUT2D eigenvalue weighted by molar-refractivity contribution is -0.00871. The van der Waals surface area contributed by atoms with Crippen molar-refractivity contribution in [3.8, 4) is 0 Å². The Hall–Kier alpha value is -0.550. The number of thioether (sulfide) groups is 1. The number of nitrogens with one attached hydrogen (secondary N) is 1. The van der Waals surface area contributed by atoms with Crippen molar-refractivity contribution in [2.45, 2.75) is 11.8 Å². The van der Waals surface area contributed by atoms with Crippen LogP contribution in [-0.2, 0) is 15.3 Å². The Morgan fingerprint density at radius 3 is 3.12 bits per heavy atom. The average Bonchev–Trinajstić information content (AvgIpc) is 2.35. The number of methoxy groups -OCH3 is 1. The summed E-state index contributed by atoms with van der Waals surface area (Å²) in [6, 6.07) is 8.83. The number of ether oxygens (including phenoxy) is 1. The standard InChI is InChI=1S/C12H17NO2S/c1-14-6-7-15-13-12-9-16-8-10-4-2-3-5-11(10)12/h2-5,12-13H,6-9H2,1H3. The summed E-state index contributed by atoms with van der Waals surface area (Å²) in [5.74, 6) is 2.16. The summed E-state index contributed by atoms with van der Waals surface area (Å²) < 4.78 is 4.93. The predicted octanol–water partition coefficient (Wildman–Crippen LogP) is 2.14. The van der Waals surface area contributed by atoms with Crippen molar-refractivity contribution in [3.63, 3.8) is 0 Å². The molecule has 16 heavy (non-hydrogen) atoms. The lowest BCUT2D eigenvalue weighted by atomic mass is 10.0. The topological polar surface area (TPSA) is 30.5 Å². The smallest absolute Gasteiger partial charge is 0.0916 e. The Morgan fingerprint density at radius 2 is 2.25 bits per heavy atom. The highest BCUT2D eigenvalue weighted by atomic mass is 32.2. The highest BCUT2D eigenvalue weighted by Gasteiger charge is 2.19. The molecule has 1 aliphatic heterocycles. The van der Waals surface area contributed by atoms with Crippen LogP contribution in [-0.4, -0.2) is 26.1 Å². The zero-order valence-electron chi connectivity index (χ0n) is 9.44. The zero-order valence-corrected chi connectivity index (χ0v) is 10.3. The van der Waals surface area contributed by atoms with E-state index in [-0.39, 0.29) is 0 Å². The molecule has 0 bridgehead atoms. The van der Waals surface area contributed by atoms with Gasteiger partial charge in [-0.1, -0.05) is 24.3 Å². The van der Waals surface area contributed by atoms with Crippen LogP contribution in [0.4, 0.5) is 0 Å². The first-order valence-corrected chi connectivity index (χ1v) is 6.59. The Kier molecular flexibility index (Phi) is 4.66. The van der Waals surface area contributed by atoms with Crippen molar-refractivity contribution in [2.24, 2.45) is 0 Å². The molecule has 1 atom stereocenters. The van der Waals surface area contributed by atoms with Gasteiger partial charge in [-0.3, -0.25) is 4.84 Å². The van der Waals surface area contributed by atoms with Gasteiger partial charge in [0.2, 0.25) is 0 Å². The van der Waals surface area contributed by atoms with E-state index in [1.165, 1.54) is 11.1 Å². The van der Waals surface area contributed by atoms with Gasteiger partial charge in [0.05, 0.1) is 19.3 Å². The van der Waals surface area contributed by atoms with E-state index in [9.17, 15) is 0 Å². The second-order valence-corrected chi connectivity index (χ2v) is 4.76. The van der Waals surface area contributed by atoms with Crippen LogP contribution in [0.3, 0.4) is 0 Å². The van der Waals surface area contributed by atoms with Crippen molar-refractivity contribution < 1.29 is 9.57 Å². The van der Waals surface area contributed by atoms with Crippen LogP contribution in [0.2, 0.25) is 0 Å². The van der Waals surface area contributed by atoms with Gasteiger partial charge in [-0.15, -0.1) is 0 Å². The Morgan fingerprint density at radius 1 is 1.38 bits per heavy atom. The van der Waals surface area contributed by atoms with E-state index < -0.39 is 0 Å². The zero-order chi connectivity index (χ0) is 11.2. The van der Waals surface area contributed by atoms with E-state index in [4.69, 9.17) is 9.57 Å². The molecule has 88 valence electrons. The summed E-state index contributed by atoms with van der Waals surface area (Å²) in [5.41, 5.74) is 5.88. The Labute approximate surface area is 100 Å². The molecule has 0 amide bonds. The number of hydrogen-bond donors (Lipinski definition) is 1. The molecule has 1 aliphatic rings. The van der Waals surface area contributed by atoms with Crippen LogP contribution < -0.4 is 5.48 Å². The molecule has 0 aromatic heterocycles. The third-order valence-corrected chi connectivity index (χ3v) is 3.67. The number of hydroxylamine groups is 1. The van der Waals surface area contributed by atoms with Crippen LogP contribution in [0, 0.1) is 0 Å². The van der Waals surface area contributed by atoms with Crippen molar-refractivity contribution in [2.75, 3.05) is 26.1 Å². The molecular weight excluding hydrogens is 222 g/mol. The molecule has 1 aromatic rings. The molecule has 0 fully saturated rings. The molecule has 1 unspecified atom stereocenters. The molecule has 0 radical (unpaired) electrons. The summed E-state index contributed by atoms with van der Waals surface area (Å²) in [5, 5.41) is 0. The molecular formula is C12H17NO2S. The van der Waals surface area contributed by atoms with E-state index in [0.29, 0.717) is 19.3 Å². The van der Waals surface area contributed by atoms with Crippen molar-refractivity contribution in [3.05, 3.63) is 35.4 Å². The van der Waals surface area contributed by atoms with Crippen molar-refractivity contribution in [1.82, 2.24) is 5.48 Å². The largest absolute Gasteiger partial charge is 0.382 e. The summed E-state index contributed by atoms with van der Waals surface area (Å²) >= 11 is 1.94. The monoisotopic (exact) mass is 239 g/mol. The molecule has 2 rings (SSSR count). The SMILES string of the molecule is COCCONC1CSCc2ccccc21. The maximum absolute atomic E-state index is 5.38. The van der Waals surface area contributed by atoms with E-state index in [1.807, 2.05) is 11.8 Å². The van der Waals surface area contributed by atoms with Gasteiger partial charge in [0, 0.05) is 18.6 Å². The fourth-order valence-electron chi connectivity index (χ4n) is 1.76. The van der Waals surface area contributed by atoms with Gasteiger partial charge in [-0.05, 0) is 11.1 Å². The quantitative estimate of drug-likeness (QED) is 0.630. The summed E-state index contributed by atoms with van der Waals surface area (Å²) in [4.78, 5) is 5.38. The minimum absolute atomic E-state index is 0.298. The molecule has 1 aromatic carbocycles. The van der Waals surface area contributed by atoms with E-state index in [1.54, 1.807) is 7.11 Å². The van der Waals surface area contributed by atoms with Crippen molar-refractivity contribution >= 4 is 11.8 Å². The second kappa shape index (κ2) is 6.25. The third kappa shape index (κ3) is 2.98. The minimum atomic E-state index is 0.298. The summed E-state index contributed by atoms with van der Waals surface area (Å²) in [7, 11) is 1.68. The maximum atomic E-state index is 5.38. The van der Waals surface area contributed by atoms with Gasteiger partial charge in [0.25, 0.3) is 0 Å². The molecule has 1 N–H and O–H groups in total. The molecule has 1 heterocycles. The lowest BCUT2D eigenvalue weighted by Crippen LogP contribution is -2.28. The fourth-order valence-corrected chi connectivity index (χ4v) is 2.85. The van der Waals surface area contributed by atoms with E-state index >= 15 is 0 Å². The first-order valence-electron chi connectivity index (χ1n) is 5.43. The van der Waals surface area contributed by atoms with Gasteiger partial charge in [0.15, 0.2) is 0 Å². The highest BCUT2D eigenvalue weighted by molar-refractivity contribution is 7.98. The lowest BCUT2D eigenvalue weighted by Gasteiger charge is -2.25. The first-order chi connectivity index (χ1) is 7.92. The minimum Gasteiger partial charge on any atom is -0.382 e. The molecule has 0 aliphatic carbocycles. The van der Waals surface area contributed by atoms with Crippen LogP contribution in [0.5, 0.6) is 0 Å². The van der Waals surface area contributed by atoms with Crippen LogP contribution in [0.15, 0.2) is 24.3 Å².